The number of aliphatic hydroxyl groups is 1. The summed E-state index contributed by atoms with van der Waals surface area (Å²) in [5.41, 5.74) is 0. The molecule has 4 atom stereocenters. The third-order valence-corrected chi connectivity index (χ3v) is 6.42. The van der Waals surface area contributed by atoms with E-state index >= 15 is 0 Å². The predicted molar refractivity (Wildman–Crippen MR) is 129 cm³/mol. The van der Waals surface area contributed by atoms with Crippen molar-refractivity contribution in [1.29, 1.82) is 0 Å². The minimum atomic E-state index is -0.389. The molecule has 4 unspecified atom stereocenters. The van der Waals surface area contributed by atoms with Crippen LogP contribution in [0.4, 0.5) is 0 Å². The van der Waals surface area contributed by atoms with E-state index in [9.17, 15) is 14.7 Å². The van der Waals surface area contributed by atoms with E-state index in [1.807, 2.05) is 18.2 Å². The van der Waals surface area contributed by atoms with Crippen molar-refractivity contribution in [3.8, 4) is 0 Å². The Morgan fingerprint density at radius 2 is 1.72 bits per heavy atom. The van der Waals surface area contributed by atoms with Crippen molar-refractivity contribution in [3.05, 3.63) is 24.3 Å². The normalized spacial score (nSPS) is 21.0. The first-order valence-corrected chi connectivity index (χ1v) is 12.7. The van der Waals surface area contributed by atoms with Gasteiger partial charge in [-0.15, -0.1) is 0 Å². The van der Waals surface area contributed by atoms with Gasteiger partial charge in [-0.05, 0) is 38.0 Å². The van der Waals surface area contributed by atoms with Gasteiger partial charge in [-0.25, -0.2) is 0 Å². The van der Waals surface area contributed by atoms with Crippen LogP contribution in [0.1, 0.15) is 104 Å². The molecule has 1 saturated carbocycles. The molecule has 1 aliphatic carbocycles. The Labute approximate surface area is 195 Å². The second-order valence-corrected chi connectivity index (χ2v) is 9.12. The van der Waals surface area contributed by atoms with Crippen LogP contribution >= 0.6 is 0 Å². The van der Waals surface area contributed by atoms with Gasteiger partial charge in [0.05, 0.1) is 13.2 Å². The van der Waals surface area contributed by atoms with Crippen molar-refractivity contribution in [2.75, 3.05) is 7.11 Å². The highest BCUT2D eigenvalue weighted by atomic mass is 16.5. The lowest BCUT2D eigenvalue weighted by Crippen LogP contribution is -2.33. The fraction of sp³-hybridized carbons (Fsp3) is 0.778. The molecule has 0 aliphatic heterocycles. The van der Waals surface area contributed by atoms with Gasteiger partial charge in [0.15, 0.2) is 0 Å². The summed E-state index contributed by atoms with van der Waals surface area (Å²) in [6.45, 7) is 3.67. The molecule has 0 spiro atoms. The maximum absolute atomic E-state index is 11.7. The van der Waals surface area contributed by atoms with E-state index in [1.165, 1.54) is 52.6 Å². The first-order valence-electron chi connectivity index (χ1n) is 12.7. The highest BCUT2D eigenvalue weighted by Crippen LogP contribution is 2.36. The molecule has 0 heterocycles. The van der Waals surface area contributed by atoms with Gasteiger partial charge in [-0.1, -0.05) is 82.6 Å². The van der Waals surface area contributed by atoms with Gasteiger partial charge in [-0.3, -0.25) is 9.59 Å². The molecule has 1 N–H and O–H groups in total. The van der Waals surface area contributed by atoms with Crippen molar-refractivity contribution in [1.82, 2.24) is 0 Å². The van der Waals surface area contributed by atoms with E-state index in [0.717, 1.165) is 32.1 Å². The number of hydrogen-bond donors (Lipinski definition) is 1. The van der Waals surface area contributed by atoms with E-state index in [-0.39, 0.29) is 30.1 Å². The second kappa shape index (κ2) is 17.9. The quantitative estimate of drug-likeness (QED) is 0.170. The number of rotatable bonds is 16. The topological polar surface area (TPSA) is 72.8 Å². The average molecular weight is 451 g/mol. The van der Waals surface area contributed by atoms with Crippen LogP contribution in [0.5, 0.6) is 0 Å². The van der Waals surface area contributed by atoms with Crippen LogP contribution in [0.15, 0.2) is 24.3 Å². The smallest absolute Gasteiger partial charge is 0.305 e. The fourth-order valence-corrected chi connectivity index (χ4v) is 4.64. The molecule has 0 saturated heterocycles. The number of hydrogen-bond acceptors (Lipinski definition) is 5. The summed E-state index contributed by atoms with van der Waals surface area (Å²) in [4.78, 5) is 23.1. The second-order valence-electron chi connectivity index (χ2n) is 9.12. The Morgan fingerprint density at radius 1 is 1.00 bits per heavy atom. The molecule has 0 aromatic rings. The van der Waals surface area contributed by atoms with Gasteiger partial charge in [-0.2, -0.15) is 0 Å². The summed E-state index contributed by atoms with van der Waals surface area (Å²) in [6, 6.07) is 0. The Balaban J connectivity index is 2.53. The third kappa shape index (κ3) is 13.0. The zero-order valence-corrected chi connectivity index (χ0v) is 20.6. The summed E-state index contributed by atoms with van der Waals surface area (Å²) < 4.78 is 10.4. The Kier molecular flexibility index (Phi) is 15.9. The SMILES string of the molecule is CCCCCCCCC(O)C=CC=CC1CCCCC1C(CCCC(=O)OC)OC(C)=O. The number of methoxy groups -OCH3 is 1. The molecular weight excluding hydrogens is 404 g/mol. The molecule has 1 rings (SSSR count). The number of carbonyl (C=O) groups is 2. The van der Waals surface area contributed by atoms with Gasteiger partial charge >= 0.3 is 11.9 Å². The fourth-order valence-electron chi connectivity index (χ4n) is 4.64. The molecule has 0 aromatic carbocycles. The van der Waals surface area contributed by atoms with E-state index in [1.54, 1.807) is 0 Å². The molecule has 32 heavy (non-hydrogen) atoms. The highest BCUT2D eigenvalue weighted by molar-refractivity contribution is 5.69. The minimum absolute atomic E-state index is 0.172. The first-order chi connectivity index (χ1) is 15.5. The summed E-state index contributed by atoms with van der Waals surface area (Å²) in [5, 5.41) is 10.2. The van der Waals surface area contributed by atoms with Crippen LogP contribution in [-0.4, -0.2) is 36.4 Å². The van der Waals surface area contributed by atoms with Crippen molar-refractivity contribution in [2.45, 2.75) is 116 Å². The number of unbranched alkanes of at least 4 members (excludes halogenated alkanes) is 5. The number of esters is 2. The number of ether oxygens (including phenoxy) is 2. The van der Waals surface area contributed by atoms with E-state index in [0.29, 0.717) is 25.2 Å². The lowest BCUT2D eigenvalue weighted by atomic mass is 9.75. The molecule has 0 radical (unpaired) electrons. The first kappa shape index (κ1) is 28.4. The van der Waals surface area contributed by atoms with Crippen molar-refractivity contribution < 1.29 is 24.2 Å². The third-order valence-electron chi connectivity index (χ3n) is 6.42. The van der Waals surface area contributed by atoms with E-state index in [2.05, 4.69) is 13.0 Å². The van der Waals surface area contributed by atoms with E-state index in [4.69, 9.17) is 9.47 Å². The monoisotopic (exact) mass is 450 g/mol. The summed E-state index contributed by atoms with van der Waals surface area (Å²) in [5.74, 6) is 0.116. The molecule has 5 nitrogen and oxygen atoms in total. The summed E-state index contributed by atoms with van der Waals surface area (Å²) >= 11 is 0. The summed E-state index contributed by atoms with van der Waals surface area (Å²) in [7, 11) is 1.39. The van der Waals surface area contributed by atoms with Gasteiger partial charge in [0.2, 0.25) is 0 Å². The predicted octanol–water partition coefficient (Wildman–Crippen LogP) is 6.29. The Bertz CT molecular complexity index is 568. The largest absolute Gasteiger partial charge is 0.469 e. The molecule has 184 valence electrons. The lowest BCUT2D eigenvalue weighted by Gasteiger charge is -2.35. The van der Waals surface area contributed by atoms with Crippen LogP contribution in [-0.2, 0) is 19.1 Å². The standard InChI is InChI=1S/C27H46O5/c1-4-5-6-7-8-9-17-24(29)18-12-10-15-23-16-11-13-19-25(23)26(32-22(2)28)20-14-21-27(30)31-3/h10,12,15,18,23-26,29H,4-9,11,13-14,16-17,19-21H2,1-3H3. The zero-order chi connectivity index (χ0) is 23.6. The van der Waals surface area contributed by atoms with Gasteiger partial charge < -0.3 is 14.6 Å². The highest BCUT2D eigenvalue weighted by Gasteiger charge is 2.32. The molecule has 0 amide bonds. The molecule has 1 aliphatic rings. The van der Waals surface area contributed by atoms with Crippen LogP contribution in [0, 0.1) is 11.8 Å². The minimum Gasteiger partial charge on any atom is -0.469 e. The molecule has 1 fully saturated rings. The van der Waals surface area contributed by atoms with Crippen molar-refractivity contribution in [2.24, 2.45) is 11.8 Å². The summed E-state index contributed by atoms with van der Waals surface area (Å²) in [6.07, 6.45) is 21.8. The molecule has 5 heteroatoms. The number of allylic oxidation sites excluding steroid dienone is 3. The molecular formula is C27H46O5. The average Bonchev–Trinajstić information content (AvgIpc) is 2.78. The van der Waals surface area contributed by atoms with Crippen LogP contribution in [0.3, 0.4) is 0 Å². The zero-order valence-electron chi connectivity index (χ0n) is 20.6. The van der Waals surface area contributed by atoms with Crippen molar-refractivity contribution >= 4 is 11.9 Å². The van der Waals surface area contributed by atoms with Gasteiger partial charge in [0.25, 0.3) is 0 Å². The molecule has 0 bridgehead atoms. The maximum Gasteiger partial charge on any atom is 0.305 e. The Hall–Kier alpha value is -1.62. The molecule has 0 aromatic heterocycles. The van der Waals surface area contributed by atoms with Crippen molar-refractivity contribution in [3.63, 3.8) is 0 Å². The van der Waals surface area contributed by atoms with Gasteiger partial charge in [0.1, 0.15) is 6.10 Å². The Morgan fingerprint density at radius 3 is 2.44 bits per heavy atom. The van der Waals surface area contributed by atoms with Crippen LogP contribution in [0.25, 0.3) is 0 Å². The maximum atomic E-state index is 11.7. The number of carbonyl (C=O) groups excluding carboxylic acids is 2. The van der Waals surface area contributed by atoms with Gasteiger partial charge in [0, 0.05) is 19.3 Å². The van der Waals surface area contributed by atoms with Crippen LogP contribution < -0.4 is 0 Å². The van der Waals surface area contributed by atoms with Crippen LogP contribution in [0.2, 0.25) is 0 Å². The number of aliphatic hydroxyl groups excluding tert-OH is 1. The lowest BCUT2D eigenvalue weighted by molar-refractivity contribution is -0.151. The van der Waals surface area contributed by atoms with E-state index < -0.39 is 0 Å².